The molecule has 3 rings (SSSR count). The van der Waals surface area contributed by atoms with Gasteiger partial charge in [0.2, 0.25) is 15.9 Å². The lowest BCUT2D eigenvalue weighted by Gasteiger charge is -2.34. The number of carbonyl (C=O) groups is 1. The van der Waals surface area contributed by atoms with E-state index in [9.17, 15) is 26.4 Å². The molecule has 1 amide bonds. The summed E-state index contributed by atoms with van der Waals surface area (Å²) in [5, 5.41) is 0. The topological polar surface area (TPSA) is 76.2 Å². The molecule has 2 aromatic carbocycles. The van der Waals surface area contributed by atoms with Crippen LogP contribution in [0.15, 0.2) is 47.4 Å². The molecule has 0 spiro atoms. The fraction of sp³-hybridized carbons (Fsp3) is 0.409. The molecule has 0 atom stereocenters. The summed E-state index contributed by atoms with van der Waals surface area (Å²) >= 11 is 0. The molecule has 0 aliphatic carbocycles. The number of carbonyl (C=O) groups excluding carboxylic acids is 1. The van der Waals surface area contributed by atoms with Crippen molar-refractivity contribution in [1.29, 1.82) is 0 Å². The zero-order valence-electron chi connectivity index (χ0n) is 18.3. The number of hydrogen-bond acceptors (Lipinski definition) is 5. The average molecular weight is 487 g/mol. The van der Waals surface area contributed by atoms with Crippen LogP contribution in [-0.2, 0) is 27.4 Å². The Balaban J connectivity index is 1.60. The summed E-state index contributed by atoms with van der Waals surface area (Å²) in [7, 11) is -1.02. The molecule has 180 valence electrons. The van der Waals surface area contributed by atoms with E-state index < -0.39 is 26.7 Å². The Kier molecular flexibility index (Phi) is 7.53. The van der Waals surface area contributed by atoms with E-state index in [1.54, 1.807) is 11.0 Å². The minimum absolute atomic E-state index is 0.0112. The molecule has 2 aromatic rings. The molecule has 11 heteroatoms. The van der Waals surface area contributed by atoms with E-state index in [1.165, 1.54) is 14.2 Å². The summed E-state index contributed by atoms with van der Waals surface area (Å²) < 4.78 is 76.0. The molecule has 0 aromatic heterocycles. The van der Waals surface area contributed by atoms with Crippen molar-refractivity contribution < 1.29 is 35.9 Å². The number of sulfonamides is 1. The first-order valence-electron chi connectivity index (χ1n) is 10.2. The maximum atomic E-state index is 13.0. The van der Waals surface area contributed by atoms with Gasteiger partial charge in [0.25, 0.3) is 0 Å². The monoisotopic (exact) mass is 486 g/mol. The average Bonchev–Trinajstić information content (AvgIpc) is 2.81. The number of piperazine rings is 1. The molecule has 0 N–H and O–H groups in total. The van der Waals surface area contributed by atoms with Gasteiger partial charge in [0, 0.05) is 38.7 Å². The summed E-state index contributed by atoms with van der Waals surface area (Å²) in [6.45, 7) is 0.353. The van der Waals surface area contributed by atoms with Crippen LogP contribution in [0, 0.1) is 0 Å². The minimum atomic E-state index is -4.64. The van der Waals surface area contributed by atoms with Crippen LogP contribution in [0.25, 0.3) is 0 Å². The smallest absolute Gasteiger partial charge is 0.416 e. The number of amides is 1. The second kappa shape index (κ2) is 10.0. The highest BCUT2D eigenvalue weighted by molar-refractivity contribution is 7.89. The van der Waals surface area contributed by atoms with E-state index >= 15 is 0 Å². The number of alkyl halides is 3. The van der Waals surface area contributed by atoms with Crippen molar-refractivity contribution in [2.24, 2.45) is 0 Å². The number of benzene rings is 2. The first kappa shape index (κ1) is 24.8. The molecule has 1 aliphatic rings. The van der Waals surface area contributed by atoms with Gasteiger partial charge in [0.15, 0.2) is 0 Å². The Morgan fingerprint density at radius 2 is 1.58 bits per heavy atom. The van der Waals surface area contributed by atoms with Crippen LogP contribution in [0.4, 0.5) is 13.2 Å². The molecule has 0 bridgehead atoms. The minimum Gasteiger partial charge on any atom is -0.497 e. The van der Waals surface area contributed by atoms with Gasteiger partial charge < -0.3 is 14.4 Å². The quantitative estimate of drug-likeness (QED) is 0.601. The van der Waals surface area contributed by atoms with Gasteiger partial charge in [-0.1, -0.05) is 6.07 Å². The molecule has 33 heavy (non-hydrogen) atoms. The largest absolute Gasteiger partial charge is 0.497 e. The highest BCUT2D eigenvalue weighted by Crippen LogP contribution is 2.31. The summed E-state index contributed by atoms with van der Waals surface area (Å²) in [6.07, 6.45) is -3.96. The molecular weight excluding hydrogens is 461 g/mol. The molecular formula is C22H25F3N2O5S. The lowest BCUT2D eigenvalue weighted by molar-refractivity contribution is -0.137. The zero-order valence-corrected chi connectivity index (χ0v) is 19.1. The van der Waals surface area contributed by atoms with E-state index in [-0.39, 0.29) is 38.5 Å². The van der Waals surface area contributed by atoms with E-state index in [4.69, 9.17) is 9.47 Å². The number of aryl methyl sites for hydroxylation is 1. The Bertz CT molecular complexity index is 1080. The molecule has 1 fully saturated rings. The first-order valence-corrected chi connectivity index (χ1v) is 11.7. The van der Waals surface area contributed by atoms with E-state index in [0.717, 1.165) is 28.1 Å². The Morgan fingerprint density at radius 1 is 0.970 bits per heavy atom. The fourth-order valence-corrected chi connectivity index (χ4v) is 5.05. The number of nitrogens with zero attached hydrogens (tertiary/aromatic N) is 2. The Labute approximate surface area is 190 Å². The third-order valence-electron chi connectivity index (χ3n) is 5.43. The van der Waals surface area contributed by atoms with Crippen molar-refractivity contribution in [2.45, 2.75) is 23.9 Å². The van der Waals surface area contributed by atoms with Gasteiger partial charge >= 0.3 is 6.18 Å². The van der Waals surface area contributed by atoms with Crippen molar-refractivity contribution in [3.05, 3.63) is 53.6 Å². The number of ether oxygens (including phenoxy) is 2. The summed E-state index contributed by atoms with van der Waals surface area (Å²) in [5.74, 6) is 1.10. The SMILES string of the molecule is COc1cc(CCC(=O)N2CCN(S(=O)(=O)c3cccc(C(F)(F)F)c3)CC2)cc(OC)c1. The van der Waals surface area contributed by atoms with Crippen LogP contribution in [-0.4, -0.2) is 63.9 Å². The van der Waals surface area contributed by atoms with Gasteiger partial charge in [0.1, 0.15) is 11.5 Å². The predicted octanol–water partition coefficient (Wildman–Crippen LogP) is 3.19. The van der Waals surface area contributed by atoms with Crippen molar-refractivity contribution >= 4 is 15.9 Å². The lowest BCUT2D eigenvalue weighted by atomic mass is 10.1. The van der Waals surface area contributed by atoms with Crippen LogP contribution in [0.1, 0.15) is 17.5 Å². The number of halogens is 3. The Hall–Kier alpha value is -2.79. The van der Waals surface area contributed by atoms with Crippen molar-refractivity contribution in [3.8, 4) is 11.5 Å². The van der Waals surface area contributed by atoms with Crippen LogP contribution in [0.2, 0.25) is 0 Å². The molecule has 0 unspecified atom stereocenters. The summed E-state index contributed by atoms with van der Waals surface area (Å²) in [6, 6.07) is 9.04. The highest BCUT2D eigenvalue weighted by atomic mass is 32.2. The first-order chi connectivity index (χ1) is 15.5. The molecule has 1 saturated heterocycles. The molecule has 0 radical (unpaired) electrons. The van der Waals surface area contributed by atoms with Crippen LogP contribution >= 0.6 is 0 Å². The normalized spacial score (nSPS) is 15.4. The summed E-state index contributed by atoms with van der Waals surface area (Å²) in [4.78, 5) is 13.8. The van der Waals surface area contributed by atoms with Gasteiger partial charge in [-0.2, -0.15) is 17.5 Å². The molecule has 0 saturated carbocycles. The lowest BCUT2D eigenvalue weighted by Crippen LogP contribution is -2.50. The molecule has 1 aliphatic heterocycles. The van der Waals surface area contributed by atoms with Crippen LogP contribution in [0.3, 0.4) is 0 Å². The number of rotatable bonds is 7. The zero-order chi connectivity index (χ0) is 24.2. The second-order valence-electron chi connectivity index (χ2n) is 7.53. The van der Waals surface area contributed by atoms with Crippen LogP contribution < -0.4 is 9.47 Å². The fourth-order valence-electron chi connectivity index (χ4n) is 3.58. The third-order valence-corrected chi connectivity index (χ3v) is 7.32. The van der Waals surface area contributed by atoms with E-state index in [0.29, 0.717) is 24.0 Å². The van der Waals surface area contributed by atoms with Gasteiger partial charge in [-0.05, 0) is 42.3 Å². The summed E-state index contributed by atoms with van der Waals surface area (Å²) in [5.41, 5.74) is -0.156. The highest BCUT2D eigenvalue weighted by Gasteiger charge is 2.34. The second-order valence-corrected chi connectivity index (χ2v) is 9.47. The number of hydrogen-bond donors (Lipinski definition) is 0. The maximum absolute atomic E-state index is 13.0. The standard InChI is InChI=1S/C22H25F3N2O5S/c1-31-18-12-16(13-19(15-18)32-2)6-7-21(28)26-8-10-27(11-9-26)33(29,30)20-5-3-4-17(14-20)22(23,24)25/h3-5,12-15H,6-11H2,1-2H3. The molecule has 1 heterocycles. The van der Waals surface area contributed by atoms with E-state index in [1.807, 2.05) is 12.1 Å². The van der Waals surface area contributed by atoms with Gasteiger partial charge in [0.05, 0.1) is 24.7 Å². The third kappa shape index (κ3) is 5.97. The van der Waals surface area contributed by atoms with Gasteiger partial charge in [-0.15, -0.1) is 0 Å². The number of methoxy groups -OCH3 is 2. The Morgan fingerprint density at radius 3 is 2.12 bits per heavy atom. The van der Waals surface area contributed by atoms with Crippen molar-refractivity contribution in [2.75, 3.05) is 40.4 Å². The van der Waals surface area contributed by atoms with E-state index in [2.05, 4.69) is 0 Å². The van der Waals surface area contributed by atoms with Gasteiger partial charge in [-0.3, -0.25) is 4.79 Å². The molecule has 7 nitrogen and oxygen atoms in total. The van der Waals surface area contributed by atoms with Crippen molar-refractivity contribution in [3.63, 3.8) is 0 Å². The predicted molar refractivity (Wildman–Crippen MR) is 115 cm³/mol. The maximum Gasteiger partial charge on any atom is 0.416 e. The van der Waals surface area contributed by atoms with Gasteiger partial charge in [-0.25, -0.2) is 8.42 Å². The van der Waals surface area contributed by atoms with Crippen molar-refractivity contribution in [1.82, 2.24) is 9.21 Å². The van der Waals surface area contributed by atoms with Crippen LogP contribution in [0.5, 0.6) is 11.5 Å².